The Balaban J connectivity index is 1.80. The molecule has 0 amide bonds. The lowest BCUT2D eigenvalue weighted by Crippen LogP contribution is -2.29. The average Bonchev–Trinajstić information content (AvgIpc) is 3.20. The summed E-state index contributed by atoms with van der Waals surface area (Å²) in [5, 5.41) is 18.5. The van der Waals surface area contributed by atoms with Crippen LogP contribution in [0.2, 0.25) is 0 Å². The van der Waals surface area contributed by atoms with Crippen LogP contribution in [0.4, 0.5) is 0 Å². The molecule has 3 aromatic heterocycles. The lowest BCUT2D eigenvalue weighted by Gasteiger charge is -2.20. The van der Waals surface area contributed by atoms with Crippen LogP contribution >= 0.6 is 0 Å². The molecule has 0 radical (unpaired) electrons. The number of rotatable bonds is 1. The molecule has 37 heavy (non-hydrogen) atoms. The number of pyridine rings is 2. The summed E-state index contributed by atoms with van der Waals surface area (Å²) in [6, 6.07) is 22.2. The van der Waals surface area contributed by atoms with E-state index in [1.54, 1.807) is 0 Å². The molecular formula is C34H30N3+. The predicted octanol–water partition coefficient (Wildman–Crippen LogP) is 8.04. The van der Waals surface area contributed by atoms with Gasteiger partial charge in [-0.1, -0.05) is 51.1 Å². The van der Waals surface area contributed by atoms with Gasteiger partial charge in [0, 0.05) is 16.8 Å². The van der Waals surface area contributed by atoms with Crippen LogP contribution in [0, 0.1) is 30.6 Å². The molecule has 0 saturated heterocycles. The maximum absolute atomic E-state index is 9.64. The molecule has 0 bridgehead atoms. The third-order valence-electron chi connectivity index (χ3n) is 8.21. The minimum atomic E-state index is 0.236. The first-order valence-corrected chi connectivity index (χ1v) is 13.0. The molecule has 0 N–H and O–H groups in total. The van der Waals surface area contributed by atoms with Gasteiger partial charge in [-0.25, -0.2) is 4.57 Å². The first-order valence-electron chi connectivity index (χ1n) is 13.0. The highest BCUT2D eigenvalue weighted by Crippen LogP contribution is 2.44. The molecule has 0 aliphatic rings. The quantitative estimate of drug-likeness (QED) is 0.133. The first-order chi connectivity index (χ1) is 17.7. The van der Waals surface area contributed by atoms with Gasteiger partial charge in [-0.15, -0.1) is 0 Å². The largest absolute Gasteiger partial charge is 0.307 e. The van der Waals surface area contributed by atoms with E-state index in [-0.39, 0.29) is 5.41 Å². The van der Waals surface area contributed by atoms with Gasteiger partial charge in [0.15, 0.2) is 6.20 Å². The molecule has 180 valence electrons. The minimum absolute atomic E-state index is 0.236. The van der Waals surface area contributed by atoms with E-state index in [2.05, 4.69) is 111 Å². The topological polar surface area (TPSA) is 32.1 Å². The summed E-state index contributed by atoms with van der Waals surface area (Å²) in [7, 11) is 2.17. The van der Waals surface area contributed by atoms with Crippen molar-refractivity contribution in [2.45, 2.75) is 41.0 Å². The van der Waals surface area contributed by atoms with Crippen molar-refractivity contribution >= 4 is 59.8 Å². The number of hydrogen-bond acceptors (Lipinski definition) is 1. The van der Waals surface area contributed by atoms with Crippen LogP contribution in [0.3, 0.4) is 0 Å². The van der Waals surface area contributed by atoms with Gasteiger partial charge in [0.2, 0.25) is 5.52 Å². The number of nitriles is 1. The van der Waals surface area contributed by atoms with E-state index in [0.29, 0.717) is 5.56 Å². The van der Waals surface area contributed by atoms with Gasteiger partial charge in [0.05, 0.1) is 39.0 Å². The molecule has 3 heterocycles. The summed E-state index contributed by atoms with van der Waals surface area (Å²) < 4.78 is 4.76. The van der Waals surface area contributed by atoms with Crippen LogP contribution in [0.1, 0.15) is 43.0 Å². The maximum Gasteiger partial charge on any atom is 0.224 e. The van der Waals surface area contributed by atoms with Crippen LogP contribution in [0.5, 0.6) is 0 Å². The van der Waals surface area contributed by atoms with Crippen molar-refractivity contribution in [3.63, 3.8) is 0 Å². The Morgan fingerprint density at radius 1 is 0.811 bits per heavy atom. The molecule has 0 aliphatic carbocycles. The van der Waals surface area contributed by atoms with Gasteiger partial charge in [0.25, 0.3) is 0 Å². The van der Waals surface area contributed by atoms with E-state index in [9.17, 15) is 5.26 Å². The summed E-state index contributed by atoms with van der Waals surface area (Å²) in [4.78, 5) is 0. The normalized spacial score (nSPS) is 12.7. The number of benzene rings is 4. The summed E-state index contributed by atoms with van der Waals surface area (Å²) in [5.41, 5.74) is 9.89. The van der Waals surface area contributed by atoms with E-state index in [4.69, 9.17) is 0 Å². The molecule has 7 aromatic rings. The van der Waals surface area contributed by atoms with Crippen molar-refractivity contribution in [1.82, 2.24) is 4.40 Å². The highest BCUT2D eigenvalue weighted by atomic mass is 15.0. The Labute approximate surface area is 216 Å². The van der Waals surface area contributed by atoms with Crippen LogP contribution in [-0.4, -0.2) is 4.40 Å². The second-order valence-electron chi connectivity index (χ2n) is 12.0. The summed E-state index contributed by atoms with van der Waals surface area (Å²) >= 11 is 0. The molecule has 3 heteroatoms. The fourth-order valence-electron chi connectivity index (χ4n) is 6.71. The first kappa shape index (κ1) is 22.1. The number of nitrogens with zero attached hydrogens (tertiary/aromatic N) is 3. The molecular weight excluding hydrogens is 450 g/mol. The van der Waals surface area contributed by atoms with Crippen molar-refractivity contribution in [2.24, 2.45) is 12.5 Å². The average molecular weight is 481 g/mol. The van der Waals surface area contributed by atoms with Crippen LogP contribution in [0.15, 0.2) is 60.8 Å². The molecule has 0 saturated carbocycles. The molecule has 3 nitrogen and oxygen atoms in total. The zero-order chi connectivity index (χ0) is 25.8. The maximum atomic E-state index is 9.64. The number of fused-ring (bicyclic) bond motifs is 7. The number of aryl methyl sites for hydroxylation is 3. The fourth-order valence-corrected chi connectivity index (χ4v) is 6.71. The van der Waals surface area contributed by atoms with E-state index >= 15 is 0 Å². The van der Waals surface area contributed by atoms with Crippen LogP contribution in [-0.2, 0) is 13.5 Å². The van der Waals surface area contributed by atoms with Crippen molar-refractivity contribution in [3.05, 3.63) is 83.0 Å². The van der Waals surface area contributed by atoms with Gasteiger partial charge in [-0.3, -0.25) is 0 Å². The lowest BCUT2D eigenvalue weighted by molar-refractivity contribution is -0.643. The second-order valence-corrected chi connectivity index (χ2v) is 12.0. The SMILES string of the molecule is Cc1c2cc(CC(C)(C)C)ccc2c(C)c2c1c1c3c(ccc4c5cc(C#N)ccc5n2c43)cc[n+]1C. The monoisotopic (exact) mass is 480 g/mol. The van der Waals surface area contributed by atoms with Gasteiger partial charge < -0.3 is 4.40 Å². The third kappa shape index (κ3) is 2.90. The fraction of sp³-hybridized carbons (Fsp3) is 0.235. The highest BCUT2D eigenvalue weighted by Gasteiger charge is 2.26. The predicted molar refractivity (Wildman–Crippen MR) is 155 cm³/mol. The Morgan fingerprint density at radius 3 is 2.35 bits per heavy atom. The van der Waals surface area contributed by atoms with Crippen LogP contribution in [0.25, 0.3) is 59.8 Å². The van der Waals surface area contributed by atoms with E-state index in [0.717, 1.165) is 17.3 Å². The van der Waals surface area contributed by atoms with Crippen molar-refractivity contribution < 1.29 is 4.57 Å². The van der Waals surface area contributed by atoms with Gasteiger partial charge in [-0.2, -0.15) is 5.26 Å². The lowest BCUT2D eigenvalue weighted by atomic mass is 9.86. The Bertz CT molecular complexity index is 2130. The Kier molecular flexibility index (Phi) is 4.30. The number of hydrogen-bond donors (Lipinski definition) is 0. The molecule has 0 fully saturated rings. The molecule has 0 unspecified atom stereocenters. The third-order valence-corrected chi connectivity index (χ3v) is 8.21. The van der Waals surface area contributed by atoms with E-state index < -0.39 is 0 Å². The molecule has 0 atom stereocenters. The molecule has 0 aliphatic heterocycles. The van der Waals surface area contributed by atoms with Crippen molar-refractivity contribution in [2.75, 3.05) is 0 Å². The zero-order valence-corrected chi connectivity index (χ0v) is 22.3. The van der Waals surface area contributed by atoms with Crippen LogP contribution < -0.4 is 4.57 Å². The number of aromatic nitrogens is 2. The van der Waals surface area contributed by atoms with Gasteiger partial charge in [0.1, 0.15) is 7.05 Å². The summed E-state index contributed by atoms with van der Waals surface area (Å²) in [6.45, 7) is 11.5. The van der Waals surface area contributed by atoms with Crippen molar-refractivity contribution in [1.29, 1.82) is 5.26 Å². The molecule has 0 spiro atoms. The van der Waals surface area contributed by atoms with Gasteiger partial charge >= 0.3 is 0 Å². The molecule has 7 rings (SSSR count). The van der Waals surface area contributed by atoms with Crippen molar-refractivity contribution in [3.8, 4) is 6.07 Å². The second kappa shape index (κ2) is 7.20. The van der Waals surface area contributed by atoms with E-state index in [1.165, 1.54) is 65.6 Å². The summed E-state index contributed by atoms with van der Waals surface area (Å²) in [5.74, 6) is 0. The van der Waals surface area contributed by atoms with E-state index in [1.807, 2.05) is 6.07 Å². The Morgan fingerprint density at radius 2 is 1.59 bits per heavy atom. The summed E-state index contributed by atoms with van der Waals surface area (Å²) in [6.07, 6.45) is 3.24. The standard InChI is InChI=1S/C34H30N3/c1-19-26-15-21(17-34(3,4)5)7-10-24(26)20(2)31-29(19)33-30-23(13-14-36(33)6)9-11-25-27-16-22(18-35)8-12-28(27)37(31)32(25)30/h7-16H,17H2,1-6H3/q+1. The zero-order valence-electron chi connectivity index (χ0n) is 22.3. The smallest absolute Gasteiger partial charge is 0.224 e. The Hall–Kier alpha value is -4.16. The highest BCUT2D eigenvalue weighted by molar-refractivity contribution is 6.28. The minimum Gasteiger partial charge on any atom is -0.307 e. The van der Waals surface area contributed by atoms with Gasteiger partial charge in [-0.05, 0) is 76.7 Å². The molecule has 4 aromatic carbocycles.